The zero-order valence-electron chi connectivity index (χ0n) is 12.0. The van der Waals surface area contributed by atoms with Gasteiger partial charge in [-0.3, -0.25) is 4.40 Å². The van der Waals surface area contributed by atoms with Gasteiger partial charge in [-0.2, -0.15) is 0 Å². The summed E-state index contributed by atoms with van der Waals surface area (Å²) >= 11 is 0. The van der Waals surface area contributed by atoms with Gasteiger partial charge in [0.15, 0.2) is 0 Å². The lowest BCUT2D eigenvalue weighted by atomic mass is 10.2. The SMILES string of the molecule is Fc1ccn2c(-c3cccc(NC4CCNC4)n3)cnc2c1. The van der Waals surface area contributed by atoms with Crippen LogP contribution in [0.5, 0.6) is 0 Å². The maximum atomic E-state index is 13.3. The van der Waals surface area contributed by atoms with Crippen LogP contribution in [0.15, 0.2) is 42.7 Å². The van der Waals surface area contributed by atoms with Crippen LogP contribution >= 0.6 is 0 Å². The lowest BCUT2D eigenvalue weighted by Crippen LogP contribution is -2.22. The number of aromatic nitrogens is 3. The van der Waals surface area contributed by atoms with E-state index in [9.17, 15) is 4.39 Å². The van der Waals surface area contributed by atoms with Crippen molar-refractivity contribution in [2.75, 3.05) is 18.4 Å². The molecule has 0 spiro atoms. The topological polar surface area (TPSA) is 54.2 Å². The highest BCUT2D eigenvalue weighted by molar-refractivity contribution is 5.62. The fraction of sp³-hybridized carbons (Fsp3) is 0.250. The molecule has 0 bridgehead atoms. The fourth-order valence-electron chi connectivity index (χ4n) is 2.79. The summed E-state index contributed by atoms with van der Waals surface area (Å²) in [6.45, 7) is 2.00. The van der Waals surface area contributed by atoms with Crippen molar-refractivity contribution >= 4 is 11.5 Å². The van der Waals surface area contributed by atoms with Crippen LogP contribution in [0.1, 0.15) is 6.42 Å². The summed E-state index contributed by atoms with van der Waals surface area (Å²) in [7, 11) is 0. The molecule has 1 atom stereocenters. The first-order chi connectivity index (χ1) is 10.8. The third kappa shape index (κ3) is 2.42. The molecule has 2 N–H and O–H groups in total. The van der Waals surface area contributed by atoms with Gasteiger partial charge in [-0.15, -0.1) is 0 Å². The Morgan fingerprint density at radius 2 is 2.27 bits per heavy atom. The van der Waals surface area contributed by atoms with Crippen molar-refractivity contribution in [3.63, 3.8) is 0 Å². The van der Waals surface area contributed by atoms with Gasteiger partial charge in [0.05, 0.1) is 17.6 Å². The monoisotopic (exact) mass is 297 g/mol. The van der Waals surface area contributed by atoms with Gasteiger partial charge < -0.3 is 10.6 Å². The van der Waals surface area contributed by atoms with Crippen LogP contribution in [-0.2, 0) is 0 Å². The Balaban J connectivity index is 1.68. The molecule has 1 aliphatic heterocycles. The second-order valence-electron chi connectivity index (χ2n) is 5.46. The zero-order valence-corrected chi connectivity index (χ0v) is 12.0. The minimum Gasteiger partial charge on any atom is -0.366 e. The summed E-state index contributed by atoms with van der Waals surface area (Å²) in [4.78, 5) is 8.90. The Hall–Kier alpha value is -2.47. The molecule has 4 rings (SSSR count). The lowest BCUT2D eigenvalue weighted by molar-refractivity contribution is 0.626. The number of rotatable bonds is 3. The number of imidazole rings is 1. The fourth-order valence-corrected chi connectivity index (χ4v) is 2.79. The number of nitrogens with one attached hydrogen (secondary N) is 2. The highest BCUT2D eigenvalue weighted by atomic mass is 19.1. The molecule has 1 aliphatic rings. The Morgan fingerprint density at radius 3 is 3.14 bits per heavy atom. The summed E-state index contributed by atoms with van der Waals surface area (Å²) in [5, 5.41) is 6.76. The Kier molecular flexibility index (Phi) is 3.23. The first-order valence-corrected chi connectivity index (χ1v) is 7.37. The van der Waals surface area contributed by atoms with E-state index in [2.05, 4.69) is 20.6 Å². The summed E-state index contributed by atoms with van der Waals surface area (Å²) in [6.07, 6.45) is 4.49. The molecule has 112 valence electrons. The molecule has 5 nitrogen and oxygen atoms in total. The van der Waals surface area contributed by atoms with Crippen LogP contribution < -0.4 is 10.6 Å². The molecule has 0 saturated carbocycles. The molecule has 1 saturated heterocycles. The average molecular weight is 297 g/mol. The number of anilines is 1. The van der Waals surface area contributed by atoms with Crippen molar-refractivity contribution in [1.29, 1.82) is 0 Å². The van der Waals surface area contributed by atoms with Gasteiger partial charge in [0.2, 0.25) is 0 Å². The predicted molar refractivity (Wildman–Crippen MR) is 83.3 cm³/mol. The van der Waals surface area contributed by atoms with Crippen molar-refractivity contribution in [2.45, 2.75) is 12.5 Å². The van der Waals surface area contributed by atoms with Crippen molar-refractivity contribution < 1.29 is 4.39 Å². The van der Waals surface area contributed by atoms with E-state index in [1.165, 1.54) is 12.1 Å². The lowest BCUT2D eigenvalue weighted by Gasteiger charge is -2.12. The van der Waals surface area contributed by atoms with Crippen LogP contribution in [0, 0.1) is 5.82 Å². The maximum Gasteiger partial charge on any atom is 0.140 e. The predicted octanol–water partition coefficient (Wildman–Crippen LogP) is 2.31. The number of fused-ring (bicyclic) bond motifs is 1. The molecule has 1 fully saturated rings. The first-order valence-electron chi connectivity index (χ1n) is 7.37. The van der Waals surface area contributed by atoms with Gasteiger partial charge in [0.25, 0.3) is 0 Å². The van der Waals surface area contributed by atoms with Crippen LogP contribution in [-0.4, -0.2) is 33.5 Å². The largest absolute Gasteiger partial charge is 0.366 e. The molecule has 0 aliphatic carbocycles. The van der Waals surface area contributed by atoms with E-state index < -0.39 is 0 Å². The van der Waals surface area contributed by atoms with Crippen molar-refractivity contribution in [3.05, 3.63) is 48.5 Å². The Labute approximate surface area is 127 Å². The second kappa shape index (κ2) is 5.38. The van der Waals surface area contributed by atoms with E-state index in [0.29, 0.717) is 11.7 Å². The number of hydrogen-bond donors (Lipinski definition) is 2. The van der Waals surface area contributed by atoms with Crippen LogP contribution in [0.3, 0.4) is 0 Å². The molecular weight excluding hydrogens is 281 g/mol. The van der Waals surface area contributed by atoms with Crippen LogP contribution in [0.25, 0.3) is 17.0 Å². The van der Waals surface area contributed by atoms with E-state index in [0.717, 1.165) is 36.7 Å². The highest BCUT2D eigenvalue weighted by Crippen LogP contribution is 2.21. The average Bonchev–Trinajstić information content (AvgIpc) is 3.16. The van der Waals surface area contributed by atoms with E-state index in [-0.39, 0.29) is 5.82 Å². The van der Waals surface area contributed by atoms with E-state index >= 15 is 0 Å². The minimum atomic E-state index is -0.290. The molecule has 3 aromatic heterocycles. The number of hydrogen-bond acceptors (Lipinski definition) is 4. The molecule has 3 aromatic rings. The number of nitrogens with zero attached hydrogens (tertiary/aromatic N) is 3. The van der Waals surface area contributed by atoms with Gasteiger partial charge >= 0.3 is 0 Å². The molecule has 0 radical (unpaired) electrons. The van der Waals surface area contributed by atoms with Gasteiger partial charge in [-0.1, -0.05) is 6.07 Å². The normalized spacial score (nSPS) is 18.0. The van der Waals surface area contributed by atoms with Gasteiger partial charge in [-0.05, 0) is 31.2 Å². The standard InChI is InChI=1S/C16H16FN5/c17-11-5-7-22-14(10-19-16(22)8-11)13-2-1-3-15(21-13)20-12-4-6-18-9-12/h1-3,5,7-8,10,12,18H,4,6,9H2,(H,20,21). The smallest absolute Gasteiger partial charge is 0.140 e. The third-order valence-electron chi connectivity index (χ3n) is 3.90. The van der Waals surface area contributed by atoms with Gasteiger partial charge in [0, 0.05) is 24.8 Å². The van der Waals surface area contributed by atoms with Crippen molar-refractivity contribution in [1.82, 2.24) is 19.7 Å². The van der Waals surface area contributed by atoms with Crippen molar-refractivity contribution in [3.8, 4) is 11.4 Å². The Morgan fingerprint density at radius 1 is 1.32 bits per heavy atom. The summed E-state index contributed by atoms with van der Waals surface area (Å²) in [5.74, 6) is 0.560. The molecule has 4 heterocycles. The third-order valence-corrected chi connectivity index (χ3v) is 3.90. The molecule has 1 unspecified atom stereocenters. The summed E-state index contributed by atoms with van der Waals surface area (Å²) in [5.41, 5.74) is 2.24. The zero-order chi connectivity index (χ0) is 14.9. The Bertz CT molecular complexity index is 807. The quantitative estimate of drug-likeness (QED) is 0.779. The summed E-state index contributed by atoms with van der Waals surface area (Å²) in [6, 6.07) is 9.12. The van der Waals surface area contributed by atoms with E-state index in [4.69, 9.17) is 0 Å². The molecule has 0 amide bonds. The first kappa shape index (κ1) is 13.2. The van der Waals surface area contributed by atoms with Gasteiger partial charge in [0.1, 0.15) is 17.3 Å². The maximum absolute atomic E-state index is 13.3. The minimum absolute atomic E-state index is 0.290. The second-order valence-corrected chi connectivity index (χ2v) is 5.46. The molecule has 0 aromatic carbocycles. The highest BCUT2D eigenvalue weighted by Gasteiger charge is 2.15. The number of pyridine rings is 2. The van der Waals surface area contributed by atoms with Gasteiger partial charge in [-0.25, -0.2) is 14.4 Å². The van der Waals surface area contributed by atoms with Crippen LogP contribution in [0.2, 0.25) is 0 Å². The molecular formula is C16H16FN5. The number of halogens is 1. The van der Waals surface area contributed by atoms with Crippen molar-refractivity contribution in [2.24, 2.45) is 0 Å². The summed E-state index contributed by atoms with van der Waals surface area (Å²) < 4.78 is 15.1. The molecule has 22 heavy (non-hydrogen) atoms. The van der Waals surface area contributed by atoms with Crippen LogP contribution in [0.4, 0.5) is 10.2 Å². The van der Waals surface area contributed by atoms with E-state index in [1.54, 1.807) is 12.4 Å². The van der Waals surface area contributed by atoms with E-state index in [1.807, 2.05) is 22.6 Å². The molecule has 6 heteroatoms.